The molecule has 3 heterocycles. The summed E-state index contributed by atoms with van der Waals surface area (Å²) in [6, 6.07) is 13.1. The summed E-state index contributed by atoms with van der Waals surface area (Å²) in [6.07, 6.45) is 3.90. The van der Waals surface area contributed by atoms with Gasteiger partial charge in [-0.25, -0.2) is 4.98 Å². The van der Waals surface area contributed by atoms with E-state index in [0.29, 0.717) is 50.3 Å². The van der Waals surface area contributed by atoms with Crippen LogP contribution in [0.25, 0.3) is 5.69 Å². The smallest absolute Gasteiger partial charge is 0.274 e. The molecule has 1 aliphatic heterocycles. The van der Waals surface area contributed by atoms with Crippen molar-refractivity contribution < 1.29 is 14.6 Å². The number of hydrogen-bond donors (Lipinski definition) is 2. The van der Waals surface area contributed by atoms with Crippen LogP contribution in [-0.2, 0) is 4.74 Å². The number of benzene rings is 1. The quantitative estimate of drug-likeness (QED) is 0.599. The maximum absolute atomic E-state index is 13.1. The van der Waals surface area contributed by atoms with Crippen LogP contribution in [0.15, 0.2) is 54.9 Å². The molecule has 2 aromatic heterocycles. The lowest BCUT2D eigenvalue weighted by atomic mass is 10.2. The number of aliphatic hydroxyl groups is 1. The molecule has 3 aromatic rings. The van der Waals surface area contributed by atoms with Crippen molar-refractivity contribution in [2.24, 2.45) is 0 Å². The summed E-state index contributed by atoms with van der Waals surface area (Å²) >= 11 is 0. The number of hydrogen-bond acceptors (Lipinski definition) is 7. The van der Waals surface area contributed by atoms with Crippen molar-refractivity contribution in [3.05, 3.63) is 60.6 Å². The minimum atomic E-state index is -0.319. The summed E-state index contributed by atoms with van der Waals surface area (Å²) in [4.78, 5) is 26.0. The van der Waals surface area contributed by atoms with Gasteiger partial charge in [0.25, 0.3) is 5.91 Å². The van der Waals surface area contributed by atoms with Crippen LogP contribution in [0.3, 0.4) is 0 Å². The Hall–Kier alpha value is -3.43. The maximum atomic E-state index is 13.1. The van der Waals surface area contributed by atoms with Gasteiger partial charge in [-0.2, -0.15) is 4.98 Å². The van der Waals surface area contributed by atoms with E-state index in [1.165, 1.54) is 0 Å². The van der Waals surface area contributed by atoms with E-state index in [4.69, 9.17) is 4.74 Å². The number of carbonyl (C=O) groups excluding carboxylic acids is 1. The van der Waals surface area contributed by atoms with Gasteiger partial charge in [0, 0.05) is 56.5 Å². The SMILES string of the molecule is CN(CCO)c1cc(C(=O)Nc2cccc(-n3cccc3)c2)nc(N2CCOCC2)n1. The molecule has 2 N–H and O–H groups in total. The van der Waals surface area contributed by atoms with Crippen molar-refractivity contribution in [3.63, 3.8) is 0 Å². The number of morpholine rings is 1. The number of ether oxygens (including phenoxy) is 1. The Morgan fingerprint density at radius 2 is 1.94 bits per heavy atom. The van der Waals surface area contributed by atoms with Gasteiger partial charge in [0.05, 0.1) is 19.8 Å². The molecule has 0 spiro atoms. The lowest BCUT2D eigenvalue weighted by molar-refractivity contribution is 0.102. The molecule has 9 heteroatoms. The predicted octanol–water partition coefficient (Wildman–Crippen LogP) is 1.78. The van der Waals surface area contributed by atoms with Crippen LogP contribution in [0.4, 0.5) is 17.5 Å². The highest BCUT2D eigenvalue weighted by Crippen LogP contribution is 2.20. The highest BCUT2D eigenvalue weighted by molar-refractivity contribution is 6.03. The number of carbonyl (C=O) groups is 1. The van der Waals surface area contributed by atoms with E-state index in [-0.39, 0.29) is 18.2 Å². The first kappa shape index (κ1) is 20.8. The molecule has 1 amide bonds. The molecule has 1 fully saturated rings. The molecular weight excluding hydrogens is 396 g/mol. The first-order valence-corrected chi connectivity index (χ1v) is 10.2. The molecule has 0 radical (unpaired) electrons. The number of aliphatic hydroxyl groups excluding tert-OH is 1. The standard InChI is InChI=1S/C22H26N6O3/c1-26(9-12-29)20-16-19(24-22(25-20)28-10-13-31-14-11-28)21(30)23-17-5-4-6-18(15-17)27-7-2-3-8-27/h2-8,15-16,29H,9-14H2,1H3,(H,23,30). The molecule has 31 heavy (non-hydrogen) atoms. The van der Waals surface area contributed by atoms with Crippen molar-refractivity contribution in [1.82, 2.24) is 14.5 Å². The number of anilines is 3. The molecule has 1 saturated heterocycles. The van der Waals surface area contributed by atoms with E-state index < -0.39 is 0 Å². The van der Waals surface area contributed by atoms with E-state index in [0.717, 1.165) is 5.69 Å². The zero-order valence-corrected chi connectivity index (χ0v) is 17.4. The average Bonchev–Trinajstić information content (AvgIpc) is 3.35. The second kappa shape index (κ2) is 9.59. The van der Waals surface area contributed by atoms with Gasteiger partial charge in [-0.1, -0.05) is 6.07 Å². The monoisotopic (exact) mass is 422 g/mol. The summed E-state index contributed by atoms with van der Waals surface area (Å²) in [7, 11) is 1.82. The van der Waals surface area contributed by atoms with Crippen molar-refractivity contribution >= 4 is 23.4 Å². The third-order valence-electron chi connectivity index (χ3n) is 5.06. The second-order valence-electron chi connectivity index (χ2n) is 7.25. The van der Waals surface area contributed by atoms with Gasteiger partial charge < -0.3 is 29.5 Å². The van der Waals surface area contributed by atoms with Crippen LogP contribution in [0.1, 0.15) is 10.5 Å². The van der Waals surface area contributed by atoms with E-state index in [1.807, 2.05) is 65.3 Å². The molecule has 0 unspecified atom stereocenters. The van der Waals surface area contributed by atoms with E-state index in [9.17, 15) is 9.90 Å². The highest BCUT2D eigenvalue weighted by Gasteiger charge is 2.20. The summed E-state index contributed by atoms with van der Waals surface area (Å²) < 4.78 is 7.39. The normalized spacial score (nSPS) is 13.8. The summed E-state index contributed by atoms with van der Waals surface area (Å²) in [5, 5.41) is 12.2. The van der Waals surface area contributed by atoms with E-state index in [1.54, 1.807) is 11.0 Å². The molecule has 0 saturated carbocycles. The fraction of sp³-hybridized carbons (Fsp3) is 0.318. The second-order valence-corrected chi connectivity index (χ2v) is 7.25. The number of amides is 1. The first-order chi connectivity index (χ1) is 15.1. The summed E-state index contributed by atoms with van der Waals surface area (Å²) in [6.45, 7) is 2.89. The number of nitrogens with one attached hydrogen (secondary N) is 1. The zero-order chi connectivity index (χ0) is 21.6. The van der Waals surface area contributed by atoms with Gasteiger partial charge in [-0.15, -0.1) is 0 Å². The molecule has 1 aromatic carbocycles. The lowest BCUT2D eigenvalue weighted by Gasteiger charge is -2.28. The Kier molecular flexibility index (Phi) is 6.44. The molecular formula is C22H26N6O3. The van der Waals surface area contributed by atoms with Crippen LogP contribution in [0.2, 0.25) is 0 Å². The van der Waals surface area contributed by atoms with Crippen molar-refractivity contribution in [3.8, 4) is 5.69 Å². The Bertz CT molecular complexity index is 1020. The molecule has 1 aliphatic rings. The summed E-state index contributed by atoms with van der Waals surface area (Å²) in [5.41, 5.74) is 1.89. The molecule has 162 valence electrons. The Balaban J connectivity index is 1.60. The fourth-order valence-electron chi connectivity index (χ4n) is 3.35. The van der Waals surface area contributed by atoms with Crippen LogP contribution in [0.5, 0.6) is 0 Å². The Labute approximate surface area is 180 Å². The van der Waals surface area contributed by atoms with Gasteiger partial charge in [-0.3, -0.25) is 4.79 Å². The van der Waals surface area contributed by atoms with Crippen molar-refractivity contribution in [2.75, 3.05) is 61.6 Å². The number of rotatable bonds is 7. The Morgan fingerprint density at radius 1 is 1.16 bits per heavy atom. The third-order valence-corrected chi connectivity index (χ3v) is 5.06. The van der Waals surface area contributed by atoms with Crippen LogP contribution < -0.4 is 15.1 Å². The predicted molar refractivity (Wildman–Crippen MR) is 119 cm³/mol. The van der Waals surface area contributed by atoms with Crippen molar-refractivity contribution in [1.29, 1.82) is 0 Å². The molecule has 0 atom stereocenters. The minimum Gasteiger partial charge on any atom is -0.395 e. The van der Waals surface area contributed by atoms with Crippen molar-refractivity contribution in [2.45, 2.75) is 0 Å². The Morgan fingerprint density at radius 3 is 2.68 bits per heavy atom. The van der Waals surface area contributed by atoms with E-state index in [2.05, 4.69) is 15.3 Å². The molecule has 4 rings (SSSR count). The first-order valence-electron chi connectivity index (χ1n) is 10.2. The highest BCUT2D eigenvalue weighted by atomic mass is 16.5. The number of aromatic nitrogens is 3. The van der Waals surface area contributed by atoms with Gasteiger partial charge in [-0.05, 0) is 30.3 Å². The van der Waals surface area contributed by atoms with Gasteiger partial charge in [0.15, 0.2) is 0 Å². The topological polar surface area (TPSA) is 95.8 Å². The van der Waals surface area contributed by atoms with Crippen LogP contribution >= 0.6 is 0 Å². The third kappa shape index (κ3) is 5.01. The average molecular weight is 422 g/mol. The van der Waals surface area contributed by atoms with Crippen LogP contribution in [0, 0.1) is 0 Å². The number of likely N-dealkylation sites (N-methyl/N-ethyl adjacent to an activating group) is 1. The largest absolute Gasteiger partial charge is 0.395 e. The van der Waals surface area contributed by atoms with E-state index >= 15 is 0 Å². The van der Waals surface area contributed by atoms with Gasteiger partial charge in [0.1, 0.15) is 11.5 Å². The summed E-state index contributed by atoms with van der Waals surface area (Å²) in [5.74, 6) is 0.744. The number of nitrogens with zero attached hydrogens (tertiary/aromatic N) is 5. The fourth-order valence-corrected chi connectivity index (χ4v) is 3.35. The zero-order valence-electron chi connectivity index (χ0n) is 17.4. The van der Waals surface area contributed by atoms with Crippen LogP contribution in [-0.4, -0.2) is 72.1 Å². The minimum absolute atomic E-state index is 0.0128. The maximum Gasteiger partial charge on any atom is 0.274 e. The van der Waals surface area contributed by atoms with Gasteiger partial charge in [0.2, 0.25) is 5.95 Å². The van der Waals surface area contributed by atoms with Gasteiger partial charge >= 0.3 is 0 Å². The lowest BCUT2D eigenvalue weighted by Crippen LogP contribution is -2.38. The molecule has 0 bridgehead atoms. The molecule has 9 nitrogen and oxygen atoms in total. The molecule has 0 aliphatic carbocycles.